The Morgan fingerprint density at radius 3 is 2.61 bits per heavy atom. The van der Waals surface area contributed by atoms with Crippen LogP contribution >= 0.6 is 0 Å². The second-order valence-corrected chi connectivity index (χ2v) is 7.86. The van der Waals surface area contributed by atoms with E-state index in [1.807, 2.05) is 54.6 Å². The van der Waals surface area contributed by atoms with Crippen molar-refractivity contribution in [2.24, 2.45) is 0 Å². The first-order valence-corrected chi connectivity index (χ1v) is 10.5. The number of carbonyl (C=O) groups is 1. The Morgan fingerprint density at radius 1 is 1.03 bits per heavy atom. The van der Waals surface area contributed by atoms with E-state index in [2.05, 4.69) is 10.4 Å². The van der Waals surface area contributed by atoms with Gasteiger partial charge >= 0.3 is 0 Å². The standard InChI is InChI=1S/C24H23N5O2/c30-23(27-21-14-15-25-28(21)16-17-6-2-1-3-7-17)13-12-22-26-20-9-5-4-8-19(20)24(31)29(22)18-10-11-18/h1-9,14-15,18H,10-13,16H2,(H,27,30). The average Bonchev–Trinajstić information content (AvgIpc) is 3.54. The summed E-state index contributed by atoms with van der Waals surface area (Å²) >= 11 is 0. The van der Waals surface area contributed by atoms with Crippen LogP contribution in [0.2, 0.25) is 0 Å². The molecule has 4 aromatic rings. The van der Waals surface area contributed by atoms with E-state index in [1.165, 1.54) is 0 Å². The van der Waals surface area contributed by atoms with E-state index in [4.69, 9.17) is 4.98 Å². The van der Waals surface area contributed by atoms with Gasteiger partial charge in [-0.15, -0.1) is 0 Å². The zero-order valence-corrected chi connectivity index (χ0v) is 17.1. The Hall–Kier alpha value is -3.74. The summed E-state index contributed by atoms with van der Waals surface area (Å²) in [7, 11) is 0. The summed E-state index contributed by atoms with van der Waals surface area (Å²) in [4.78, 5) is 30.3. The summed E-state index contributed by atoms with van der Waals surface area (Å²) in [6.45, 7) is 0.580. The van der Waals surface area contributed by atoms with Gasteiger partial charge < -0.3 is 5.32 Å². The molecule has 1 fully saturated rings. The van der Waals surface area contributed by atoms with Gasteiger partial charge in [0.15, 0.2) is 0 Å². The van der Waals surface area contributed by atoms with E-state index in [9.17, 15) is 9.59 Å². The van der Waals surface area contributed by atoms with Crippen molar-refractivity contribution in [3.63, 3.8) is 0 Å². The van der Waals surface area contributed by atoms with Crippen molar-refractivity contribution < 1.29 is 4.79 Å². The molecule has 0 spiro atoms. The number of anilines is 1. The van der Waals surface area contributed by atoms with Gasteiger partial charge in [-0.3, -0.25) is 14.2 Å². The van der Waals surface area contributed by atoms with Crippen molar-refractivity contribution in [3.05, 3.63) is 88.6 Å². The molecule has 0 atom stereocenters. The molecule has 0 bridgehead atoms. The highest BCUT2D eigenvalue weighted by Gasteiger charge is 2.28. The van der Waals surface area contributed by atoms with Crippen molar-refractivity contribution in [2.45, 2.75) is 38.3 Å². The zero-order chi connectivity index (χ0) is 21.2. The first kappa shape index (κ1) is 19.2. The number of carbonyl (C=O) groups excluding carboxylic acids is 1. The molecule has 1 aliphatic rings. The smallest absolute Gasteiger partial charge is 0.261 e. The van der Waals surface area contributed by atoms with Gasteiger partial charge in [0, 0.05) is 24.9 Å². The molecule has 0 saturated heterocycles. The highest BCUT2D eigenvalue weighted by Crippen LogP contribution is 2.34. The summed E-state index contributed by atoms with van der Waals surface area (Å²) < 4.78 is 3.55. The van der Waals surface area contributed by atoms with Crippen LogP contribution in [0.15, 0.2) is 71.7 Å². The van der Waals surface area contributed by atoms with Crippen LogP contribution < -0.4 is 10.9 Å². The number of rotatable bonds is 7. The fraction of sp³-hybridized carbons (Fsp3) is 0.250. The van der Waals surface area contributed by atoms with Crippen LogP contribution in [0.4, 0.5) is 5.82 Å². The Labute approximate surface area is 179 Å². The number of aromatic nitrogens is 4. The molecule has 156 valence electrons. The lowest BCUT2D eigenvalue weighted by molar-refractivity contribution is -0.116. The number of hydrogen-bond acceptors (Lipinski definition) is 4. The molecule has 0 unspecified atom stereocenters. The molecule has 5 rings (SSSR count). The van der Waals surface area contributed by atoms with E-state index in [0.717, 1.165) is 18.4 Å². The van der Waals surface area contributed by atoms with Gasteiger partial charge in [-0.05, 0) is 30.5 Å². The Morgan fingerprint density at radius 2 is 1.81 bits per heavy atom. The minimum Gasteiger partial charge on any atom is -0.311 e. The minimum atomic E-state index is -0.125. The maximum atomic E-state index is 13.0. The van der Waals surface area contributed by atoms with Crippen molar-refractivity contribution in [2.75, 3.05) is 5.32 Å². The van der Waals surface area contributed by atoms with Crippen LogP contribution in [0.5, 0.6) is 0 Å². The highest BCUT2D eigenvalue weighted by atomic mass is 16.1. The second-order valence-electron chi connectivity index (χ2n) is 7.86. The quantitative estimate of drug-likeness (QED) is 0.502. The number of aryl methyl sites for hydroxylation is 1. The summed E-state index contributed by atoms with van der Waals surface area (Å²) in [6.07, 6.45) is 4.30. The zero-order valence-electron chi connectivity index (χ0n) is 17.1. The number of benzene rings is 2. The van der Waals surface area contributed by atoms with Crippen molar-refractivity contribution in [3.8, 4) is 0 Å². The molecule has 31 heavy (non-hydrogen) atoms. The Balaban J connectivity index is 1.31. The third-order valence-electron chi connectivity index (χ3n) is 5.53. The van der Waals surface area contributed by atoms with Gasteiger partial charge in [0.25, 0.3) is 5.56 Å². The molecule has 7 heteroatoms. The van der Waals surface area contributed by atoms with E-state index >= 15 is 0 Å². The predicted molar refractivity (Wildman–Crippen MR) is 119 cm³/mol. The maximum absolute atomic E-state index is 13.0. The van der Waals surface area contributed by atoms with Crippen LogP contribution in [0.25, 0.3) is 10.9 Å². The molecule has 7 nitrogen and oxygen atoms in total. The van der Waals surface area contributed by atoms with Gasteiger partial charge in [-0.1, -0.05) is 42.5 Å². The van der Waals surface area contributed by atoms with Crippen LogP contribution in [-0.4, -0.2) is 25.2 Å². The number of nitrogens with zero attached hydrogens (tertiary/aromatic N) is 4. The highest BCUT2D eigenvalue weighted by molar-refractivity contribution is 5.90. The van der Waals surface area contributed by atoms with E-state index < -0.39 is 0 Å². The Kier molecular flexibility index (Phi) is 5.08. The summed E-state index contributed by atoms with van der Waals surface area (Å²) in [5.41, 5.74) is 1.78. The predicted octanol–water partition coefficient (Wildman–Crippen LogP) is 3.55. The van der Waals surface area contributed by atoms with Crippen molar-refractivity contribution in [1.29, 1.82) is 0 Å². The molecular weight excluding hydrogens is 390 g/mol. The molecule has 1 amide bonds. The topological polar surface area (TPSA) is 81.8 Å². The first-order chi connectivity index (χ1) is 15.2. The molecule has 0 radical (unpaired) electrons. The second kappa shape index (κ2) is 8.18. The van der Waals surface area contributed by atoms with Crippen LogP contribution in [0, 0.1) is 0 Å². The number of nitrogens with one attached hydrogen (secondary N) is 1. The molecule has 1 saturated carbocycles. The number of amides is 1. The fourth-order valence-electron chi connectivity index (χ4n) is 3.83. The average molecular weight is 413 g/mol. The number of para-hydroxylation sites is 1. The fourth-order valence-corrected chi connectivity index (χ4v) is 3.83. The monoisotopic (exact) mass is 413 g/mol. The maximum Gasteiger partial charge on any atom is 0.261 e. The van der Waals surface area contributed by atoms with Crippen LogP contribution in [0.1, 0.15) is 36.7 Å². The Bertz CT molecular complexity index is 1290. The lowest BCUT2D eigenvalue weighted by Crippen LogP contribution is -2.26. The lowest BCUT2D eigenvalue weighted by Gasteiger charge is -2.13. The van der Waals surface area contributed by atoms with Crippen molar-refractivity contribution in [1.82, 2.24) is 19.3 Å². The van der Waals surface area contributed by atoms with Gasteiger partial charge in [-0.25, -0.2) is 9.67 Å². The molecule has 2 aromatic carbocycles. The molecule has 0 aliphatic heterocycles. The molecular formula is C24H23N5O2. The lowest BCUT2D eigenvalue weighted by atomic mass is 10.2. The van der Waals surface area contributed by atoms with Gasteiger partial charge in [-0.2, -0.15) is 5.10 Å². The third-order valence-corrected chi connectivity index (χ3v) is 5.53. The van der Waals surface area contributed by atoms with Crippen LogP contribution in [0.3, 0.4) is 0 Å². The van der Waals surface area contributed by atoms with E-state index in [-0.39, 0.29) is 23.9 Å². The first-order valence-electron chi connectivity index (χ1n) is 10.5. The SMILES string of the molecule is O=C(CCc1nc2ccccc2c(=O)n1C1CC1)Nc1ccnn1Cc1ccccc1. The van der Waals surface area contributed by atoms with Gasteiger partial charge in [0.05, 0.1) is 23.6 Å². The molecule has 2 aromatic heterocycles. The third kappa shape index (κ3) is 4.12. The molecule has 1 N–H and O–H groups in total. The largest absolute Gasteiger partial charge is 0.311 e. The van der Waals surface area contributed by atoms with Gasteiger partial charge in [0.1, 0.15) is 11.6 Å². The van der Waals surface area contributed by atoms with Crippen molar-refractivity contribution >= 4 is 22.6 Å². The van der Waals surface area contributed by atoms with E-state index in [1.54, 1.807) is 21.5 Å². The van der Waals surface area contributed by atoms with Crippen LogP contribution in [-0.2, 0) is 17.8 Å². The van der Waals surface area contributed by atoms with Gasteiger partial charge in [0.2, 0.25) is 5.91 Å². The number of fused-ring (bicyclic) bond motifs is 1. The minimum absolute atomic E-state index is 0.00977. The molecule has 1 aliphatic carbocycles. The van der Waals surface area contributed by atoms with E-state index in [0.29, 0.717) is 35.5 Å². The summed E-state index contributed by atoms with van der Waals surface area (Å²) in [5.74, 6) is 1.21. The number of hydrogen-bond donors (Lipinski definition) is 1. The summed E-state index contributed by atoms with van der Waals surface area (Å²) in [6, 6.07) is 19.4. The summed E-state index contributed by atoms with van der Waals surface area (Å²) in [5, 5.41) is 7.89. The normalized spacial score (nSPS) is 13.4. The molecule has 2 heterocycles.